The second-order valence-corrected chi connectivity index (χ2v) is 11.7. The summed E-state index contributed by atoms with van der Waals surface area (Å²) >= 11 is 0. The van der Waals surface area contributed by atoms with Crippen molar-refractivity contribution in [2.75, 3.05) is 25.5 Å². The second kappa shape index (κ2) is 14.8. The number of imidazole rings is 1. The molecule has 0 bridgehead atoms. The maximum absolute atomic E-state index is 13.6. The van der Waals surface area contributed by atoms with Gasteiger partial charge < -0.3 is 29.8 Å². The summed E-state index contributed by atoms with van der Waals surface area (Å²) in [7, 11) is 6.30. The molecule has 1 aliphatic carbocycles. The number of halogens is 3. The number of rotatable bonds is 8. The summed E-state index contributed by atoms with van der Waals surface area (Å²) in [6.07, 6.45) is 3.20. The Bertz CT molecular complexity index is 1560. The van der Waals surface area contributed by atoms with Crippen LogP contribution in [0.3, 0.4) is 0 Å². The number of hydrogen-bond donors (Lipinski definition) is 3. The molecule has 45 heavy (non-hydrogen) atoms. The van der Waals surface area contributed by atoms with Crippen molar-refractivity contribution in [3.8, 4) is 11.4 Å². The molecule has 1 amide bonds. The minimum Gasteiger partial charge on any atom is -0.475 e. The van der Waals surface area contributed by atoms with Gasteiger partial charge in [-0.15, -0.1) is 0 Å². The molecule has 0 unspecified atom stereocenters. The van der Waals surface area contributed by atoms with Gasteiger partial charge in [-0.2, -0.15) is 13.2 Å². The van der Waals surface area contributed by atoms with Crippen LogP contribution in [0.4, 0.5) is 18.9 Å². The Balaban J connectivity index is 0.000000707. The summed E-state index contributed by atoms with van der Waals surface area (Å²) in [5, 5.41) is 10.1. The molecule has 3 aromatic rings. The molecule has 0 aliphatic heterocycles. The molecule has 0 saturated heterocycles. The zero-order valence-electron chi connectivity index (χ0n) is 26.9. The topological polar surface area (TPSA) is 124 Å². The molecular formula is C32H43F3N6O4. The average molecular weight is 633 g/mol. The fourth-order valence-corrected chi connectivity index (χ4v) is 5.88. The van der Waals surface area contributed by atoms with Crippen LogP contribution in [0.2, 0.25) is 0 Å². The van der Waals surface area contributed by atoms with Crippen LogP contribution < -0.4 is 15.8 Å². The number of amides is 1. The van der Waals surface area contributed by atoms with Gasteiger partial charge in [-0.05, 0) is 96.8 Å². The quantitative estimate of drug-likeness (QED) is 0.321. The molecule has 1 aliphatic rings. The number of alkyl halides is 3. The molecule has 0 radical (unpaired) electrons. The monoisotopic (exact) mass is 632 g/mol. The number of pyridine rings is 1. The fraction of sp³-hybridized carbons (Fsp3) is 0.500. The van der Waals surface area contributed by atoms with Crippen molar-refractivity contribution in [3.63, 3.8) is 0 Å². The molecule has 2 aromatic heterocycles. The van der Waals surface area contributed by atoms with E-state index in [9.17, 15) is 22.8 Å². The molecule has 13 heteroatoms. The maximum Gasteiger partial charge on any atom is 0.490 e. The third-order valence-electron chi connectivity index (χ3n) is 8.35. The molecular weight excluding hydrogens is 589 g/mol. The van der Waals surface area contributed by atoms with Gasteiger partial charge in [0.1, 0.15) is 5.82 Å². The average Bonchev–Trinajstić information content (AvgIpc) is 3.39. The Morgan fingerprint density at radius 3 is 2.18 bits per heavy atom. The number of aromatic amines is 1. The maximum atomic E-state index is 13.6. The summed E-state index contributed by atoms with van der Waals surface area (Å²) in [4.78, 5) is 47.2. The Morgan fingerprint density at radius 1 is 1.09 bits per heavy atom. The van der Waals surface area contributed by atoms with E-state index in [1.807, 2.05) is 50.7 Å². The van der Waals surface area contributed by atoms with Crippen molar-refractivity contribution in [1.82, 2.24) is 24.8 Å². The van der Waals surface area contributed by atoms with Crippen LogP contribution in [-0.2, 0) is 18.4 Å². The highest BCUT2D eigenvalue weighted by Gasteiger charge is 2.38. The second-order valence-electron chi connectivity index (χ2n) is 11.7. The number of carbonyl (C=O) groups is 2. The number of carboxylic acids is 1. The van der Waals surface area contributed by atoms with E-state index < -0.39 is 12.1 Å². The number of carbonyl (C=O) groups excluding carboxylic acids is 1. The third-order valence-corrected chi connectivity index (χ3v) is 8.35. The van der Waals surface area contributed by atoms with Crippen molar-refractivity contribution in [1.29, 1.82) is 0 Å². The molecule has 1 aromatic carbocycles. The lowest BCUT2D eigenvalue weighted by molar-refractivity contribution is -0.192. The first-order chi connectivity index (χ1) is 21.0. The standard InChI is InChI=1S/C30H42N6O2.C2HF3O2/c1-8-36(24-11-9-23(10-12-24)34(5)6)27-17-22(28-31-13-14-35(28)7)16-25(21(27)4)29(37)32-18-26-19(2)15-20(3)33-30(26)38;3-2(4,5)1(6)7/h13-17,23-24H,8-12,18H2,1-7H3,(H,32,37)(H,33,38);(H,6,7). The number of aromatic nitrogens is 3. The third kappa shape index (κ3) is 8.74. The molecule has 3 N–H and O–H groups in total. The smallest absolute Gasteiger partial charge is 0.475 e. The van der Waals surface area contributed by atoms with Gasteiger partial charge in [0.2, 0.25) is 0 Å². The highest BCUT2D eigenvalue weighted by Crippen LogP contribution is 2.35. The SMILES string of the molecule is CCN(c1cc(-c2nccn2C)cc(C(=O)NCc2c(C)cc(C)[nH]c2=O)c1C)C1CCC(N(C)C)CC1.O=C(O)C(F)(F)F. The van der Waals surface area contributed by atoms with Crippen LogP contribution in [0.1, 0.15) is 65.3 Å². The van der Waals surface area contributed by atoms with Crippen LogP contribution in [0.25, 0.3) is 11.4 Å². The van der Waals surface area contributed by atoms with E-state index in [0.29, 0.717) is 23.2 Å². The van der Waals surface area contributed by atoms with E-state index in [2.05, 4.69) is 52.2 Å². The van der Waals surface area contributed by atoms with Crippen LogP contribution >= 0.6 is 0 Å². The Morgan fingerprint density at radius 2 is 1.69 bits per heavy atom. The number of benzene rings is 1. The number of anilines is 1. The molecule has 246 valence electrons. The number of nitrogens with one attached hydrogen (secondary N) is 2. The number of aryl methyl sites for hydroxylation is 3. The minimum absolute atomic E-state index is 0.160. The zero-order chi connectivity index (χ0) is 33.6. The van der Waals surface area contributed by atoms with Gasteiger partial charge in [0.15, 0.2) is 0 Å². The van der Waals surface area contributed by atoms with E-state index in [4.69, 9.17) is 9.90 Å². The van der Waals surface area contributed by atoms with Crippen molar-refractivity contribution < 1.29 is 27.9 Å². The van der Waals surface area contributed by atoms with Gasteiger partial charge in [-0.3, -0.25) is 9.59 Å². The molecule has 1 fully saturated rings. The normalized spacial score (nSPS) is 16.6. The van der Waals surface area contributed by atoms with Gasteiger partial charge in [0.05, 0.1) is 0 Å². The summed E-state index contributed by atoms with van der Waals surface area (Å²) in [5.74, 6) is -2.13. The number of carboxylic acid groups (broad SMARTS) is 1. The zero-order valence-corrected chi connectivity index (χ0v) is 26.9. The fourth-order valence-electron chi connectivity index (χ4n) is 5.88. The van der Waals surface area contributed by atoms with Crippen LogP contribution in [0.15, 0.2) is 35.4 Å². The van der Waals surface area contributed by atoms with Gasteiger partial charge in [0, 0.05) is 72.7 Å². The van der Waals surface area contributed by atoms with Gasteiger partial charge in [-0.1, -0.05) is 0 Å². The number of aliphatic carboxylic acids is 1. The van der Waals surface area contributed by atoms with Crippen molar-refractivity contribution in [2.24, 2.45) is 7.05 Å². The molecule has 0 spiro atoms. The lowest BCUT2D eigenvalue weighted by Crippen LogP contribution is -2.42. The van der Waals surface area contributed by atoms with Crippen LogP contribution in [0.5, 0.6) is 0 Å². The lowest BCUT2D eigenvalue weighted by Gasteiger charge is -2.40. The van der Waals surface area contributed by atoms with E-state index in [-0.39, 0.29) is 18.0 Å². The highest BCUT2D eigenvalue weighted by molar-refractivity contribution is 5.98. The largest absolute Gasteiger partial charge is 0.490 e. The Labute approximate surface area is 261 Å². The van der Waals surface area contributed by atoms with Crippen molar-refractivity contribution in [2.45, 2.75) is 78.2 Å². The predicted molar refractivity (Wildman–Crippen MR) is 168 cm³/mol. The summed E-state index contributed by atoms with van der Waals surface area (Å²) in [6, 6.07) is 7.10. The first kappa shape index (κ1) is 35.4. The molecule has 2 heterocycles. The van der Waals surface area contributed by atoms with E-state index in [1.165, 1.54) is 12.8 Å². The summed E-state index contributed by atoms with van der Waals surface area (Å²) in [5.41, 5.74) is 5.65. The van der Waals surface area contributed by atoms with Crippen molar-refractivity contribution in [3.05, 3.63) is 68.9 Å². The molecule has 10 nitrogen and oxygen atoms in total. The number of hydrogen-bond acceptors (Lipinski definition) is 6. The summed E-state index contributed by atoms with van der Waals surface area (Å²) < 4.78 is 33.7. The number of H-pyrrole nitrogens is 1. The van der Waals surface area contributed by atoms with E-state index in [1.54, 1.807) is 6.20 Å². The molecule has 0 atom stereocenters. The molecule has 1 saturated carbocycles. The first-order valence-corrected chi connectivity index (χ1v) is 14.9. The number of nitrogens with zero attached hydrogens (tertiary/aromatic N) is 4. The van der Waals surface area contributed by atoms with Crippen LogP contribution in [0, 0.1) is 20.8 Å². The van der Waals surface area contributed by atoms with E-state index >= 15 is 0 Å². The molecule has 4 rings (SSSR count). The minimum atomic E-state index is -5.08. The van der Waals surface area contributed by atoms with Gasteiger partial charge in [0.25, 0.3) is 11.5 Å². The first-order valence-electron chi connectivity index (χ1n) is 14.9. The highest BCUT2D eigenvalue weighted by atomic mass is 19.4. The van der Waals surface area contributed by atoms with Crippen molar-refractivity contribution >= 4 is 17.6 Å². The lowest BCUT2D eigenvalue weighted by atomic mass is 9.88. The van der Waals surface area contributed by atoms with E-state index in [0.717, 1.165) is 53.3 Å². The van der Waals surface area contributed by atoms with Gasteiger partial charge >= 0.3 is 12.1 Å². The summed E-state index contributed by atoms with van der Waals surface area (Å²) in [6.45, 7) is 9.02. The Hall–Kier alpha value is -4.13. The predicted octanol–water partition coefficient (Wildman–Crippen LogP) is 4.96. The van der Waals surface area contributed by atoms with Crippen LogP contribution in [-0.4, -0.2) is 75.3 Å². The Kier molecular flexibility index (Phi) is 11.6. The van der Waals surface area contributed by atoms with Gasteiger partial charge in [-0.25, -0.2) is 9.78 Å².